The average Bonchev–Trinajstić information content (AvgIpc) is 2.65. The summed E-state index contributed by atoms with van der Waals surface area (Å²) < 4.78 is 10.5. The van der Waals surface area contributed by atoms with Gasteiger partial charge in [0.1, 0.15) is 5.69 Å². The van der Waals surface area contributed by atoms with Gasteiger partial charge in [0.2, 0.25) is 0 Å². The number of nitrogens with one attached hydrogen (secondary N) is 1. The van der Waals surface area contributed by atoms with Gasteiger partial charge in [0, 0.05) is 37.2 Å². The van der Waals surface area contributed by atoms with Crippen molar-refractivity contribution in [2.24, 2.45) is 0 Å². The molecule has 0 aliphatic heterocycles. The molecule has 6 heteroatoms. The lowest BCUT2D eigenvalue weighted by Gasteiger charge is -2.19. The van der Waals surface area contributed by atoms with Crippen molar-refractivity contribution >= 4 is 17.3 Å². The fourth-order valence-electron chi connectivity index (χ4n) is 2.41. The first-order valence-corrected chi connectivity index (χ1v) is 8.29. The topological polar surface area (TPSA) is 63.7 Å². The molecule has 134 valence electrons. The van der Waals surface area contributed by atoms with Crippen LogP contribution in [0.1, 0.15) is 30.3 Å². The Morgan fingerprint density at radius 2 is 1.92 bits per heavy atom. The van der Waals surface area contributed by atoms with Gasteiger partial charge in [0.05, 0.1) is 14.2 Å². The monoisotopic (exact) mass is 343 g/mol. The van der Waals surface area contributed by atoms with Gasteiger partial charge in [-0.25, -0.2) is 0 Å². The second-order valence-corrected chi connectivity index (χ2v) is 5.70. The van der Waals surface area contributed by atoms with Crippen molar-refractivity contribution in [2.75, 3.05) is 38.0 Å². The third-order valence-corrected chi connectivity index (χ3v) is 3.91. The van der Waals surface area contributed by atoms with Gasteiger partial charge in [-0.15, -0.1) is 0 Å². The van der Waals surface area contributed by atoms with Crippen molar-refractivity contribution < 1.29 is 14.3 Å². The number of benzene rings is 1. The molecular weight excluding hydrogens is 318 g/mol. The summed E-state index contributed by atoms with van der Waals surface area (Å²) in [5.74, 6) is 0.900. The molecule has 1 N–H and O–H groups in total. The molecule has 0 saturated carbocycles. The van der Waals surface area contributed by atoms with E-state index in [-0.39, 0.29) is 5.91 Å². The van der Waals surface area contributed by atoms with E-state index in [4.69, 9.17) is 9.47 Å². The summed E-state index contributed by atoms with van der Waals surface area (Å²) in [6.07, 6.45) is 3.88. The zero-order valence-electron chi connectivity index (χ0n) is 15.2. The molecule has 1 heterocycles. The van der Waals surface area contributed by atoms with E-state index in [1.165, 1.54) is 0 Å². The molecule has 0 atom stereocenters. The van der Waals surface area contributed by atoms with Gasteiger partial charge in [0.15, 0.2) is 11.5 Å². The zero-order valence-corrected chi connectivity index (χ0v) is 15.2. The maximum Gasteiger partial charge on any atom is 0.274 e. The van der Waals surface area contributed by atoms with Crippen LogP contribution in [0, 0.1) is 0 Å². The molecule has 0 spiro atoms. The third kappa shape index (κ3) is 4.86. The number of carbonyl (C=O) groups excluding carboxylic acids is 1. The van der Waals surface area contributed by atoms with E-state index in [0.29, 0.717) is 22.9 Å². The molecule has 0 aliphatic rings. The number of ether oxygens (including phenoxy) is 2. The number of carbonyl (C=O) groups is 1. The maximum atomic E-state index is 12.5. The van der Waals surface area contributed by atoms with Crippen LogP contribution in [-0.2, 0) is 0 Å². The van der Waals surface area contributed by atoms with Gasteiger partial charge in [-0.2, -0.15) is 0 Å². The molecule has 0 aliphatic carbocycles. The van der Waals surface area contributed by atoms with Gasteiger partial charge >= 0.3 is 0 Å². The lowest BCUT2D eigenvalue weighted by molar-refractivity contribution is 0.102. The Morgan fingerprint density at radius 1 is 1.16 bits per heavy atom. The van der Waals surface area contributed by atoms with E-state index in [1.54, 1.807) is 44.7 Å². The Balaban J connectivity index is 2.13. The number of hydrogen-bond donors (Lipinski definition) is 1. The minimum absolute atomic E-state index is 0.266. The molecule has 1 aromatic heterocycles. The smallest absolute Gasteiger partial charge is 0.274 e. The van der Waals surface area contributed by atoms with Gasteiger partial charge in [-0.05, 0) is 30.7 Å². The van der Waals surface area contributed by atoms with Crippen LogP contribution in [0.25, 0.3) is 0 Å². The van der Waals surface area contributed by atoms with Crippen molar-refractivity contribution in [1.82, 2.24) is 4.98 Å². The Kier molecular flexibility index (Phi) is 6.62. The van der Waals surface area contributed by atoms with Crippen LogP contribution in [0.3, 0.4) is 0 Å². The molecule has 25 heavy (non-hydrogen) atoms. The zero-order chi connectivity index (χ0) is 18.2. The molecule has 0 unspecified atom stereocenters. The highest BCUT2D eigenvalue weighted by Crippen LogP contribution is 2.29. The van der Waals surface area contributed by atoms with Crippen molar-refractivity contribution in [3.63, 3.8) is 0 Å². The largest absolute Gasteiger partial charge is 0.493 e. The maximum absolute atomic E-state index is 12.5. The van der Waals surface area contributed by atoms with Crippen LogP contribution < -0.4 is 19.7 Å². The fraction of sp³-hybridized carbons (Fsp3) is 0.368. The molecule has 0 saturated heterocycles. The van der Waals surface area contributed by atoms with Crippen LogP contribution in [-0.4, -0.2) is 38.7 Å². The molecule has 1 aromatic carbocycles. The van der Waals surface area contributed by atoms with E-state index < -0.39 is 0 Å². The Morgan fingerprint density at radius 3 is 2.60 bits per heavy atom. The first-order valence-electron chi connectivity index (χ1n) is 8.29. The second-order valence-electron chi connectivity index (χ2n) is 5.70. The summed E-state index contributed by atoms with van der Waals surface area (Å²) in [4.78, 5) is 18.8. The minimum Gasteiger partial charge on any atom is -0.493 e. The summed E-state index contributed by atoms with van der Waals surface area (Å²) >= 11 is 0. The van der Waals surface area contributed by atoms with Crippen LogP contribution >= 0.6 is 0 Å². The molecule has 0 bridgehead atoms. The number of methoxy groups -OCH3 is 2. The van der Waals surface area contributed by atoms with Crippen LogP contribution in [0.4, 0.5) is 11.4 Å². The molecule has 1 amide bonds. The fourth-order valence-corrected chi connectivity index (χ4v) is 2.41. The average molecular weight is 343 g/mol. The highest BCUT2D eigenvalue weighted by molar-refractivity contribution is 6.03. The lowest BCUT2D eigenvalue weighted by Crippen LogP contribution is -2.20. The van der Waals surface area contributed by atoms with Gasteiger partial charge < -0.3 is 19.7 Å². The Bertz CT molecular complexity index is 719. The van der Waals surface area contributed by atoms with Crippen molar-refractivity contribution in [1.29, 1.82) is 0 Å². The van der Waals surface area contributed by atoms with E-state index in [9.17, 15) is 4.79 Å². The van der Waals surface area contributed by atoms with Gasteiger partial charge in [-0.1, -0.05) is 13.3 Å². The first kappa shape index (κ1) is 18.6. The molecule has 6 nitrogen and oxygen atoms in total. The second kappa shape index (κ2) is 8.92. The number of hydrogen-bond acceptors (Lipinski definition) is 5. The number of pyridine rings is 1. The van der Waals surface area contributed by atoms with Crippen molar-refractivity contribution in [3.05, 3.63) is 42.2 Å². The molecule has 0 fully saturated rings. The molecule has 2 rings (SSSR count). The summed E-state index contributed by atoms with van der Waals surface area (Å²) in [5, 5.41) is 2.84. The Labute approximate surface area is 148 Å². The summed E-state index contributed by atoms with van der Waals surface area (Å²) in [5.41, 5.74) is 1.96. The predicted octanol–water partition coefficient (Wildman–Crippen LogP) is 3.59. The first-order chi connectivity index (χ1) is 12.1. The van der Waals surface area contributed by atoms with E-state index in [0.717, 1.165) is 25.1 Å². The SMILES string of the molecule is CCCCN(C)c1ccnc(C(=O)Nc2ccc(OC)c(OC)c2)c1. The van der Waals surface area contributed by atoms with Gasteiger partial charge in [-0.3, -0.25) is 9.78 Å². The predicted molar refractivity (Wildman–Crippen MR) is 99.9 cm³/mol. The number of anilines is 2. The number of aromatic nitrogens is 1. The number of nitrogens with zero attached hydrogens (tertiary/aromatic N) is 2. The standard InChI is InChI=1S/C19H25N3O3/c1-5-6-11-22(2)15-9-10-20-16(13-15)19(23)21-14-7-8-17(24-3)18(12-14)25-4/h7-10,12-13H,5-6,11H2,1-4H3,(H,21,23). The minimum atomic E-state index is -0.266. The number of amides is 1. The quantitative estimate of drug-likeness (QED) is 0.793. The molecule has 2 aromatic rings. The summed E-state index contributed by atoms with van der Waals surface area (Å²) in [6, 6.07) is 8.93. The van der Waals surface area contributed by atoms with E-state index >= 15 is 0 Å². The highest BCUT2D eigenvalue weighted by atomic mass is 16.5. The normalized spacial score (nSPS) is 10.2. The highest BCUT2D eigenvalue weighted by Gasteiger charge is 2.12. The van der Waals surface area contributed by atoms with Crippen molar-refractivity contribution in [3.8, 4) is 11.5 Å². The molecule has 0 radical (unpaired) electrons. The van der Waals surface area contributed by atoms with Crippen LogP contribution in [0.5, 0.6) is 11.5 Å². The molecular formula is C19H25N3O3. The number of rotatable bonds is 8. The summed E-state index contributed by atoms with van der Waals surface area (Å²) in [7, 11) is 5.14. The third-order valence-electron chi connectivity index (χ3n) is 3.91. The van der Waals surface area contributed by atoms with Crippen molar-refractivity contribution in [2.45, 2.75) is 19.8 Å². The van der Waals surface area contributed by atoms with E-state index in [2.05, 4.69) is 22.1 Å². The van der Waals surface area contributed by atoms with E-state index in [1.807, 2.05) is 13.1 Å². The summed E-state index contributed by atoms with van der Waals surface area (Å²) in [6.45, 7) is 3.10. The number of unbranched alkanes of at least 4 members (excludes halogenated alkanes) is 1. The van der Waals surface area contributed by atoms with Crippen LogP contribution in [0.15, 0.2) is 36.5 Å². The van der Waals surface area contributed by atoms with Crippen LogP contribution in [0.2, 0.25) is 0 Å². The lowest BCUT2D eigenvalue weighted by atomic mass is 10.2. The Hall–Kier alpha value is -2.76. The van der Waals surface area contributed by atoms with Gasteiger partial charge in [0.25, 0.3) is 5.91 Å².